The van der Waals surface area contributed by atoms with E-state index in [0.717, 1.165) is 55.5 Å². The summed E-state index contributed by atoms with van der Waals surface area (Å²) in [5, 5.41) is 12.0. The van der Waals surface area contributed by atoms with E-state index in [1.807, 2.05) is 0 Å². The SMILES string of the molecule is CCNC(=NCC1CCc2nnc(C)n2C1)N1CC2CCCCC2C1.I. The van der Waals surface area contributed by atoms with Crippen molar-refractivity contribution in [3.05, 3.63) is 11.6 Å². The van der Waals surface area contributed by atoms with E-state index in [0.29, 0.717) is 5.92 Å². The van der Waals surface area contributed by atoms with Crippen molar-refractivity contribution in [2.45, 2.75) is 58.9 Å². The van der Waals surface area contributed by atoms with Gasteiger partial charge in [-0.25, -0.2) is 0 Å². The molecule has 1 aromatic heterocycles. The Kier molecular flexibility index (Phi) is 6.80. The molecular formula is C19H33IN6. The molecule has 3 heterocycles. The van der Waals surface area contributed by atoms with Gasteiger partial charge in [-0.2, -0.15) is 0 Å². The molecule has 4 rings (SSSR count). The first kappa shape index (κ1) is 19.9. The molecule has 0 bridgehead atoms. The number of aliphatic imine (C=N–C) groups is 1. The zero-order valence-corrected chi connectivity index (χ0v) is 18.5. The third-order valence-electron chi connectivity index (χ3n) is 6.34. The number of fused-ring (bicyclic) bond motifs is 2. The van der Waals surface area contributed by atoms with Crippen molar-refractivity contribution in [2.24, 2.45) is 22.7 Å². The van der Waals surface area contributed by atoms with Gasteiger partial charge in [0.2, 0.25) is 0 Å². The predicted molar refractivity (Wildman–Crippen MR) is 115 cm³/mol. The highest BCUT2D eigenvalue weighted by Crippen LogP contribution is 2.36. The van der Waals surface area contributed by atoms with Gasteiger partial charge in [0.25, 0.3) is 0 Å². The summed E-state index contributed by atoms with van der Waals surface area (Å²) in [5.41, 5.74) is 0. The summed E-state index contributed by atoms with van der Waals surface area (Å²) in [4.78, 5) is 7.57. The summed E-state index contributed by atoms with van der Waals surface area (Å²) in [6.45, 7) is 9.51. The van der Waals surface area contributed by atoms with Gasteiger partial charge in [-0.05, 0) is 50.9 Å². The van der Waals surface area contributed by atoms with Gasteiger partial charge < -0.3 is 14.8 Å². The monoisotopic (exact) mass is 472 g/mol. The van der Waals surface area contributed by atoms with Crippen molar-refractivity contribution in [1.82, 2.24) is 25.0 Å². The van der Waals surface area contributed by atoms with Gasteiger partial charge in [-0.3, -0.25) is 4.99 Å². The predicted octanol–water partition coefficient (Wildman–Crippen LogP) is 2.85. The largest absolute Gasteiger partial charge is 0.357 e. The molecule has 1 N–H and O–H groups in total. The quantitative estimate of drug-likeness (QED) is 0.418. The van der Waals surface area contributed by atoms with Crippen LogP contribution in [0.25, 0.3) is 0 Å². The molecule has 2 fully saturated rings. The Morgan fingerprint density at radius 3 is 2.54 bits per heavy atom. The maximum absolute atomic E-state index is 5.04. The molecule has 1 aliphatic carbocycles. The highest BCUT2D eigenvalue weighted by atomic mass is 127. The lowest BCUT2D eigenvalue weighted by molar-refractivity contribution is 0.299. The van der Waals surface area contributed by atoms with Crippen LogP contribution in [0, 0.1) is 24.7 Å². The molecule has 0 spiro atoms. The number of rotatable bonds is 3. The summed E-state index contributed by atoms with van der Waals surface area (Å²) < 4.78 is 2.28. The smallest absolute Gasteiger partial charge is 0.193 e. The fourth-order valence-corrected chi connectivity index (χ4v) is 4.90. The van der Waals surface area contributed by atoms with Gasteiger partial charge in [0.15, 0.2) is 5.96 Å². The average Bonchev–Trinajstić information content (AvgIpc) is 3.22. The molecule has 3 unspecified atom stereocenters. The maximum atomic E-state index is 5.04. The number of likely N-dealkylation sites (tertiary alicyclic amines) is 1. The van der Waals surface area contributed by atoms with Gasteiger partial charge in [0.05, 0.1) is 0 Å². The Morgan fingerprint density at radius 1 is 1.12 bits per heavy atom. The van der Waals surface area contributed by atoms with Crippen LogP contribution in [-0.2, 0) is 13.0 Å². The van der Waals surface area contributed by atoms with E-state index in [1.54, 1.807) is 0 Å². The Morgan fingerprint density at radius 2 is 1.85 bits per heavy atom. The van der Waals surface area contributed by atoms with E-state index < -0.39 is 0 Å². The van der Waals surface area contributed by atoms with Crippen LogP contribution in [0.2, 0.25) is 0 Å². The summed E-state index contributed by atoms with van der Waals surface area (Å²) in [6, 6.07) is 0. The van der Waals surface area contributed by atoms with Crippen LogP contribution >= 0.6 is 24.0 Å². The summed E-state index contributed by atoms with van der Waals surface area (Å²) in [7, 11) is 0. The highest BCUT2D eigenvalue weighted by molar-refractivity contribution is 14.0. The molecule has 7 heteroatoms. The van der Waals surface area contributed by atoms with Crippen molar-refractivity contribution in [2.75, 3.05) is 26.2 Å². The minimum absolute atomic E-state index is 0. The van der Waals surface area contributed by atoms with Crippen LogP contribution in [0.3, 0.4) is 0 Å². The van der Waals surface area contributed by atoms with Gasteiger partial charge in [-0.15, -0.1) is 34.2 Å². The number of guanidine groups is 1. The Bertz CT molecular complexity index is 614. The number of aryl methyl sites for hydroxylation is 2. The molecule has 2 aliphatic heterocycles. The lowest BCUT2D eigenvalue weighted by Gasteiger charge is -2.25. The van der Waals surface area contributed by atoms with Gasteiger partial charge in [-0.1, -0.05) is 12.8 Å². The molecule has 3 atom stereocenters. The third kappa shape index (κ3) is 4.17. The number of halogens is 1. The standard InChI is InChI=1S/C19H32N6.HI/c1-3-20-19(24-12-16-6-4-5-7-17(16)13-24)21-10-15-8-9-18-23-22-14(2)25(18)11-15;/h15-17H,3-13H2,1-2H3,(H,20,21);1H. The third-order valence-corrected chi connectivity index (χ3v) is 6.34. The molecule has 1 saturated carbocycles. The molecule has 0 amide bonds. The normalized spacial score (nSPS) is 28.3. The molecule has 3 aliphatic rings. The van der Waals surface area contributed by atoms with Crippen LogP contribution in [0.1, 0.15) is 50.7 Å². The van der Waals surface area contributed by atoms with Crippen molar-refractivity contribution >= 4 is 29.9 Å². The molecule has 0 radical (unpaired) electrons. The van der Waals surface area contributed by atoms with Crippen LogP contribution < -0.4 is 5.32 Å². The van der Waals surface area contributed by atoms with Crippen LogP contribution in [0.15, 0.2) is 4.99 Å². The zero-order chi connectivity index (χ0) is 17.2. The van der Waals surface area contributed by atoms with Gasteiger partial charge >= 0.3 is 0 Å². The molecule has 146 valence electrons. The lowest BCUT2D eigenvalue weighted by Crippen LogP contribution is -2.40. The fraction of sp³-hybridized carbons (Fsp3) is 0.842. The maximum Gasteiger partial charge on any atom is 0.193 e. The number of aromatic nitrogens is 3. The zero-order valence-electron chi connectivity index (χ0n) is 16.2. The molecule has 0 aromatic carbocycles. The van der Waals surface area contributed by atoms with Crippen LogP contribution in [0.5, 0.6) is 0 Å². The Labute approximate surface area is 174 Å². The van der Waals surface area contributed by atoms with Crippen LogP contribution in [-0.4, -0.2) is 51.8 Å². The minimum Gasteiger partial charge on any atom is -0.357 e. The van der Waals surface area contributed by atoms with Gasteiger partial charge in [0.1, 0.15) is 11.6 Å². The molecule has 1 saturated heterocycles. The Hall–Kier alpha value is -0.860. The summed E-state index contributed by atoms with van der Waals surface area (Å²) >= 11 is 0. The Balaban J connectivity index is 0.00000196. The summed E-state index contributed by atoms with van der Waals surface area (Å²) in [5.74, 6) is 5.72. The average molecular weight is 472 g/mol. The molecule has 6 nitrogen and oxygen atoms in total. The first-order valence-electron chi connectivity index (χ1n) is 10.2. The van der Waals surface area contributed by atoms with E-state index in [-0.39, 0.29) is 24.0 Å². The molecule has 26 heavy (non-hydrogen) atoms. The number of nitrogens with one attached hydrogen (secondary N) is 1. The van der Waals surface area contributed by atoms with E-state index in [1.165, 1.54) is 45.2 Å². The molecular weight excluding hydrogens is 439 g/mol. The van der Waals surface area contributed by atoms with Crippen molar-refractivity contribution < 1.29 is 0 Å². The van der Waals surface area contributed by atoms with E-state index in [4.69, 9.17) is 4.99 Å². The van der Waals surface area contributed by atoms with E-state index >= 15 is 0 Å². The second-order valence-corrected chi connectivity index (χ2v) is 8.08. The van der Waals surface area contributed by atoms with E-state index in [9.17, 15) is 0 Å². The fourth-order valence-electron chi connectivity index (χ4n) is 4.90. The van der Waals surface area contributed by atoms with Crippen molar-refractivity contribution in [3.8, 4) is 0 Å². The second kappa shape index (κ2) is 8.89. The second-order valence-electron chi connectivity index (χ2n) is 8.08. The number of hydrogen-bond donors (Lipinski definition) is 1. The molecule has 1 aromatic rings. The minimum atomic E-state index is 0. The van der Waals surface area contributed by atoms with Crippen LogP contribution in [0.4, 0.5) is 0 Å². The number of nitrogens with zero attached hydrogens (tertiary/aromatic N) is 5. The van der Waals surface area contributed by atoms with Crippen molar-refractivity contribution in [3.63, 3.8) is 0 Å². The van der Waals surface area contributed by atoms with E-state index in [2.05, 4.69) is 38.8 Å². The highest BCUT2D eigenvalue weighted by Gasteiger charge is 2.35. The first-order chi connectivity index (χ1) is 12.2. The first-order valence-corrected chi connectivity index (χ1v) is 10.2. The van der Waals surface area contributed by atoms with Gasteiger partial charge in [0, 0.05) is 39.1 Å². The topological polar surface area (TPSA) is 58.3 Å². The lowest BCUT2D eigenvalue weighted by atomic mass is 9.82. The number of hydrogen-bond acceptors (Lipinski definition) is 3. The van der Waals surface area contributed by atoms with Crippen molar-refractivity contribution in [1.29, 1.82) is 0 Å². The summed E-state index contributed by atoms with van der Waals surface area (Å²) in [6.07, 6.45) is 7.88.